The zero-order valence-corrected chi connectivity index (χ0v) is 13.7. The molecule has 1 aromatic heterocycles. The van der Waals surface area contributed by atoms with E-state index in [4.69, 9.17) is 0 Å². The molecular formula is C14H16BrNS2. The number of hydrogen-bond acceptors (Lipinski definition) is 3. The zero-order chi connectivity index (χ0) is 13.0. The Balaban J connectivity index is 2.00. The van der Waals surface area contributed by atoms with E-state index in [1.54, 1.807) is 11.3 Å². The fourth-order valence-corrected chi connectivity index (χ4v) is 4.55. The van der Waals surface area contributed by atoms with E-state index in [0.717, 1.165) is 5.75 Å². The summed E-state index contributed by atoms with van der Waals surface area (Å²) in [6.45, 7) is 2.12. The summed E-state index contributed by atoms with van der Waals surface area (Å²) in [6.07, 6.45) is 0. The molecule has 0 fully saturated rings. The largest absolute Gasteiger partial charge is 0.312 e. The number of rotatable bonds is 5. The first-order chi connectivity index (χ1) is 8.70. The molecule has 1 unspecified atom stereocenters. The fourth-order valence-electron chi connectivity index (χ4n) is 1.66. The molecule has 18 heavy (non-hydrogen) atoms. The molecular weight excluding hydrogens is 326 g/mol. The monoisotopic (exact) mass is 341 g/mol. The Morgan fingerprint density at radius 3 is 2.56 bits per heavy atom. The molecule has 0 saturated carbocycles. The summed E-state index contributed by atoms with van der Waals surface area (Å²) in [4.78, 5) is 2.70. The van der Waals surface area contributed by atoms with E-state index in [1.165, 1.54) is 19.8 Å². The molecule has 0 aliphatic heterocycles. The van der Waals surface area contributed by atoms with E-state index >= 15 is 0 Å². The van der Waals surface area contributed by atoms with E-state index < -0.39 is 0 Å². The average molecular weight is 342 g/mol. The van der Waals surface area contributed by atoms with Crippen molar-refractivity contribution in [1.82, 2.24) is 5.32 Å². The smallest absolute Gasteiger partial charge is 0.0519 e. The summed E-state index contributed by atoms with van der Waals surface area (Å²) >= 11 is 7.29. The van der Waals surface area contributed by atoms with Gasteiger partial charge >= 0.3 is 0 Å². The Hall–Kier alpha value is -0.290. The number of hydrogen-bond donors (Lipinski definition) is 1. The highest BCUT2D eigenvalue weighted by Gasteiger charge is 2.14. The van der Waals surface area contributed by atoms with E-state index in [1.807, 2.05) is 18.8 Å². The maximum atomic E-state index is 3.60. The Labute approximate surface area is 125 Å². The molecule has 2 rings (SSSR count). The maximum Gasteiger partial charge on any atom is 0.0519 e. The first kappa shape index (κ1) is 14.1. The van der Waals surface area contributed by atoms with Gasteiger partial charge in [0.2, 0.25) is 0 Å². The van der Waals surface area contributed by atoms with Gasteiger partial charge in [-0.2, -0.15) is 0 Å². The second-order valence-corrected chi connectivity index (χ2v) is 6.99. The van der Waals surface area contributed by atoms with Crippen LogP contribution >= 0.6 is 39.0 Å². The van der Waals surface area contributed by atoms with Crippen molar-refractivity contribution in [3.05, 3.63) is 50.6 Å². The van der Waals surface area contributed by atoms with Gasteiger partial charge in [0.05, 0.1) is 6.04 Å². The van der Waals surface area contributed by atoms with E-state index in [-0.39, 0.29) is 0 Å². The molecule has 1 atom stereocenters. The van der Waals surface area contributed by atoms with Gasteiger partial charge in [-0.1, -0.05) is 17.7 Å². The highest BCUT2D eigenvalue weighted by atomic mass is 79.9. The van der Waals surface area contributed by atoms with Crippen molar-refractivity contribution in [3.63, 3.8) is 0 Å². The van der Waals surface area contributed by atoms with Crippen LogP contribution in [0, 0.1) is 6.92 Å². The molecule has 1 N–H and O–H groups in total. The van der Waals surface area contributed by atoms with Gasteiger partial charge in [-0.25, -0.2) is 0 Å². The topological polar surface area (TPSA) is 12.0 Å². The summed E-state index contributed by atoms with van der Waals surface area (Å²) < 4.78 is 1.20. The van der Waals surface area contributed by atoms with Crippen molar-refractivity contribution in [3.8, 4) is 0 Å². The maximum absolute atomic E-state index is 3.60. The van der Waals surface area contributed by atoms with Crippen molar-refractivity contribution >= 4 is 39.0 Å². The Morgan fingerprint density at radius 1 is 1.28 bits per heavy atom. The number of thiophene rings is 1. The van der Waals surface area contributed by atoms with Crippen molar-refractivity contribution in [1.29, 1.82) is 0 Å². The molecule has 0 bridgehead atoms. The lowest BCUT2D eigenvalue weighted by Gasteiger charge is -2.15. The summed E-state index contributed by atoms with van der Waals surface area (Å²) in [5.41, 5.74) is 1.31. The molecule has 1 aromatic carbocycles. The van der Waals surface area contributed by atoms with Crippen LogP contribution < -0.4 is 5.32 Å². The minimum atomic E-state index is 0.394. The SMILES string of the molecule is CNC(CSc1ccc(C)cc1)c1sccc1Br. The van der Waals surface area contributed by atoms with Crippen LogP contribution in [0.15, 0.2) is 45.1 Å². The van der Waals surface area contributed by atoms with E-state index in [2.05, 4.69) is 63.9 Å². The van der Waals surface area contributed by atoms with Crippen LogP contribution in [0.5, 0.6) is 0 Å². The van der Waals surface area contributed by atoms with Gasteiger partial charge in [-0.05, 0) is 53.5 Å². The highest BCUT2D eigenvalue weighted by molar-refractivity contribution is 9.10. The molecule has 2 aromatic rings. The quantitative estimate of drug-likeness (QED) is 0.778. The van der Waals surface area contributed by atoms with Gasteiger partial charge < -0.3 is 5.32 Å². The number of nitrogens with one attached hydrogen (secondary N) is 1. The third-order valence-corrected chi connectivity index (χ3v) is 5.84. The Morgan fingerprint density at radius 2 is 2.00 bits per heavy atom. The van der Waals surface area contributed by atoms with Gasteiger partial charge in [0.25, 0.3) is 0 Å². The number of benzene rings is 1. The molecule has 1 nitrogen and oxygen atoms in total. The molecule has 0 amide bonds. The van der Waals surface area contributed by atoms with Crippen molar-refractivity contribution in [2.45, 2.75) is 17.9 Å². The fraction of sp³-hybridized carbons (Fsp3) is 0.286. The van der Waals surface area contributed by atoms with Crippen LogP contribution in [0.1, 0.15) is 16.5 Å². The van der Waals surface area contributed by atoms with Crippen LogP contribution in [-0.4, -0.2) is 12.8 Å². The van der Waals surface area contributed by atoms with Crippen LogP contribution in [0.3, 0.4) is 0 Å². The minimum absolute atomic E-state index is 0.394. The predicted molar refractivity (Wildman–Crippen MR) is 85.7 cm³/mol. The molecule has 96 valence electrons. The molecule has 1 heterocycles. The van der Waals surface area contributed by atoms with E-state index in [0.29, 0.717) is 6.04 Å². The first-order valence-electron chi connectivity index (χ1n) is 5.80. The lowest BCUT2D eigenvalue weighted by molar-refractivity contribution is 0.671. The summed E-state index contributed by atoms with van der Waals surface area (Å²) in [5.74, 6) is 1.04. The first-order valence-corrected chi connectivity index (χ1v) is 8.46. The number of thioether (sulfide) groups is 1. The third kappa shape index (κ3) is 3.60. The lowest BCUT2D eigenvalue weighted by atomic mass is 10.2. The van der Waals surface area contributed by atoms with Crippen molar-refractivity contribution in [2.24, 2.45) is 0 Å². The standard InChI is InChI=1S/C14H16BrNS2/c1-10-3-5-11(6-4-10)18-9-13(16-2)14-12(15)7-8-17-14/h3-8,13,16H,9H2,1-2H3. The summed E-state index contributed by atoms with van der Waals surface area (Å²) in [6, 6.07) is 11.2. The zero-order valence-electron chi connectivity index (χ0n) is 10.4. The molecule has 0 spiro atoms. The van der Waals surface area contributed by atoms with Crippen LogP contribution in [0.2, 0.25) is 0 Å². The number of aryl methyl sites for hydroxylation is 1. The summed E-state index contributed by atoms with van der Waals surface area (Å²) in [5, 5.41) is 5.51. The van der Waals surface area contributed by atoms with Crippen LogP contribution in [0.4, 0.5) is 0 Å². The van der Waals surface area contributed by atoms with Crippen LogP contribution in [0.25, 0.3) is 0 Å². The summed E-state index contributed by atoms with van der Waals surface area (Å²) in [7, 11) is 2.02. The van der Waals surface area contributed by atoms with Gasteiger partial charge in [0.1, 0.15) is 0 Å². The third-order valence-electron chi connectivity index (χ3n) is 2.75. The predicted octanol–water partition coefficient (Wildman–Crippen LogP) is 4.87. The average Bonchev–Trinajstić information content (AvgIpc) is 2.79. The molecule has 0 aliphatic rings. The Bertz CT molecular complexity index is 493. The molecule has 0 aliphatic carbocycles. The van der Waals surface area contributed by atoms with Gasteiger partial charge in [0.15, 0.2) is 0 Å². The van der Waals surface area contributed by atoms with Crippen LogP contribution in [-0.2, 0) is 0 Å². The second-order valence-electron chi connectivity index (χ2n) is 4.10. The normalized spacial score (nSPS) is 12.6. The van der Waals surface area contributed by atoms with E-state index in [9.17, 15) is 0 Å². The number of halogens is 1. The van der Waals surface area contributed by atoms with Gasteiger partial charge in [-0.3, -0.25) is 0 Å². The van der Waals surface area contributed by atoms with Crippen molar-refractivity contribution < 1.29 is 0 Å². The molecule has 0 saturated heterocycles. The van der Waals surface area contributed by atoms with Crippen molar-refractivity contribution in [2.75, 3.05) is 12.8 Å². The molecule has 0 radical (unpaired) electrons. The molecule has 4 heteroatoms. The second kappa shape index (κ2) is 6.75. The highest BCUT2D eigenvalue weighted by Crippen LogP contribution is 2.32. The van der Waals surface area contributed by atoms with Gasteiger partial charge in [0, 0.05) is 20.0 Å². The minimum Gasteiger partial charge on any atom is -0.312 e. The Kier molecular flexibility index (Phi) is 5.30. The lowest BCUT2D eigenvalue weighted by Crippen LogP contribution is -2.17. The van der Waals surface area contributed by atoms with Gasteiger partial charge in [-0.15, -0.1) is 23.1 Å².